The van der Waals surface area contributed by atoms with Gasteiger partial charge in [0, 0.05) is 17.6 Å². The topological polar surface area (TPSA) is 37.4 Å². The number of rotatable bonds is 8. The van der Waals surface area contributed by atoms with Crippen molar-refractivity contribution in [3.63, 3.8) is 0 Å². The number of nitrogens with zero attached hydrogens (tertiary/aromatic N) is 1. The molecule has 0 spiro atoms. The van der Waals surface area contributed by atoms with E-state index in [-0.39, 0.29) is 6.04 Å². The average Bonchev–Trinajstić information content (AvgIpc) is 2.62. The van der Waals surface area contributed by atoms with Gasteiger partial charge in [0.2, 0.25) is 10.0 Å². The van der Waals surface area contributed by atoms with Crippen LogP contribution in [0, 0.1) is 0 Å². The van der Waals surface area contributed by atoms with Crippen LogP contribution in [0.5, 0.6) is 0 Å². The van der Waals surface area contributed by atoms with Gasteiger partial charge in [-0.3, -0.25) is 0 Å². The standard InChI is InChI=1S/C20H26ClNO2S/c1-4-17(3)22(15-14-16(2)18-8-6-5-7-9-18)25(23,24)20-12-10-19(21)11-13-20/h5-13,16-17H,4,14-15H2,1-3H3/t16-,17-/m1/s1. The second-order valence-corrected chi connectivity index (χ2v) is 8.75. The molecule has 0 aliphatic heterocycles. The number of sulfonamides is 1. The van der Waals surface area contributed by atoms with E-state index in [1.165, 1.54) is 5.56 Å². The van der Waals surface area contributed by atoms with Gasteiger partial charge >= 0.3 is 0 Å². The van der Waals surface area contributed by atoms with Gasteiger partial charge in [0.25, 0.3) is 0 Å². The Labute approximate surface area is 156 Å². The number of benzene rings is 2. The minimum atomic E-state index is -3.53. The third-order valence-electron chi connectivity index (χ3n) is 4.65. The maximum Gasteiger partial charge on any atom is 0.243 e. The van der Waals surface area contributed by atoms with E-state index in [0.29, 0.717) is 22.4 Å². The minimum absolute atomic E-state index is 0.0522. The Hall–Kier alpha value is -1.36. The van der Waals surface area contributed by atoms with E-state index in [2.05, 4.69) is 19.1 Å². The van der Waals surface area contributed by atoms with E-state index < -0.39 is 10.0 Å². The molecule has 136 valence electrons. The molecule has 0 heterocycles. The zero-order valence-corrected chi connectivity index (χ0v) is 16.6. The monoisotopic (exact) mass is 379 g/mol. The zero-order valence-electron chi connectivity index (χ0n) is 15.0. The van der Waals surface area contributed by atoms with Gasteiger partial charge in [-0.05, 0) is 55.5 Å². The van der Waals surface area contributed by atoms with Crippen molar-refractivity contribution in [1.82, 2.24) is 4.31 Å². The van der Waals surface area contributed by atoms with Gasteiger partial charge in [0.05, 0.1) is 4.90 Å². The molecule has 0 saturated heterocycles. The summed E-state index contributed by atoms with van der Waals surface area (Å²) in [5.74, 6) is 0.299. The molecule has 0 aliphatic rings. The molecule has 0 bridgehead atoms. The number of hydrogen-bond acceptors (Lipinski definition) is 2. The van der Waals surface area contributed by atoms with Gasteiger partial charge in [0.1, 0.15) is 0 Å². The summed E-state index contributed by atoms with van der Waals surface area (Å²) in [5, 5.41) is 0.534. The van der Waals surface area contributed by atoms with Crippen LogP contribution in [0.3, 0.4) is 0 Å². The highest BCUT2D eigenvalue weighted by molar-refractivity contribution is 7.89. The number of halogens is 1. The summed E-state index contributed by atoms with van der Waals surface area (Å²) in [6, 6.07) is 16.5. The van der Waals surface area contributed by atoms with Crippen LogP contribution < -0.4 is 0 Å². The fraction of sp³-hybridized carbons (Fsp3) is 0.400. The lowest BCUT2D eigenvalue weighted by atomic mass is 9.98. The fourth-order valence-corrected chi connectivity index (χ4v) is 4.64. The minimum Gasteiger partial charge on any atom is -0.207 e. The van der Waals surface area contributed by atoms with E-state index in [0.717, 1.165) is 12.8 Å². The highest BCUT2D eigenvalue weighted by Crippen LogP contribution is 2.25. The van der Waals surface area contributed by atoms with Crippen LogP contribution in [0.2, 0.25) is 5.02 Å². The second kappa shape index (κ2) is 8.84. The first-order valence-corrected chi connectivity index (χ1v) is 10.5. The first-order chi connectivity index (χ1) is 11.9. The summed E-state index contributed by atoms with van der Waals surface area (Å²) in [7, 11) is -3.53. The van der Waals surface area contributed by atoms with Crippen LogP contribution in [0.25, 0.3) is 0 Å². The molecule has 2 aromatic rings. The normalized spacial score (nSPS) is 14.4. The quantitative estimate of drug-likeness (QED) is 0.622. The Bertz CT molecular complexity index is 760. The molecule has 25 heavy (non-hydrogen) atoms. The van der Waals surface area contributed by atoms with E-state index in [4.69, 9.17) is 11.6 Å². The van der Waals surface area contributed by atoms with Crippen molar-refractivity contribution < 1.29 is 8.42 Å². The fourth-order valence-electron chi connectivity index (χ4n) is 2.79. The molecule has 0 radical (unpaired) electrons. The molecule has 2 atom stereocenters. The SMILES string of the molecule is CC[C@@H](C)N(CC[C@@H](C)c1ccccc1)S(=O)(=O)c1ccc(Cl)cc1. The Morgan fingerprint density at radius 3 is 2.16 bits per heavy atom. The summed E-state index contributed by atoms with van der Waals surface area (Å²) in [4.78, 5) is 0.296. The lowest BCUT2D eigenvalue weighted by Gasteiger charge is -2.29. The molecular weight excluding hydrogens is 354 g/mol. The highest BCUT2D eigenvalue weighted by Gasteiger charge is 2.28. The molecule has 0 aliphatic carbocycles. The molecule has 3 nitrogen and oxygen atoms in total. The first kappa shape index (κ1) is 20.0. The smallest absolute Gasteiger partial charge is 0.207 e. The van der Waals surface area contributed by atoms with Crippen LogP contribution in [-0.4, -0.2) is 25.3 Å². The van der Waals surface area contributed by atoms with Crippen LogP contribution in [-0.2, 0) is 10.0 Å². The summed E-state index contributed by atoms with van der Waals surface area (Å²) in [5.41, 5.74) is 1.23. The molecule has 0 N–H and O–H groups in total. The average molecular weight is 380 g/mol. The summed E-state index contributed by atoms with van der Waals surface area (Å²) >= 11 is 5.89. The third-order valence-corrected chi connectivity index (χ3v) is 6.93. The van der Waals surface area contributed by atoms with Gasteiger partial charge in [0.15, 0.2) is 0 Å². The second-order valence-electron chi connectivity index (χ2n) is 6.43. The Morgan fingerprint density at radius 2 is 1.60 bits per heavy atom. The van der Waals surface area contributed by atoms with E-state index in [9.17, 15) is 8.42 Å². The maximum absolute atomic E-state index is 13.1. The third kappa shape index (κ3) is 5.06. The van der Waals surface area contributed by atoms with Crippen molar-refractivity contribution in [1.29, 1.82) is 0 Å². The lowest BCUT2D eigenvalue weighted by Crippen LogP contribution is -2.39. The van der Waals surface area contributed by atoms with Crippen molar-refractivity contribution in [2.75, 3.05) is 6.54 Å². The summed E-state index contributed by atoms with van der Waals surface area (Å²) < 4.78 is 27.8. The van der Waals surface area contributed by atoms with E-state index in [1.807, 2.05) is 32.0 Å². The van der Waals surface area contributed by atoms with Gasteiger partial charge in [-0.15, -0.1) is 0 Å². The maximum atomic E-state index is 13.1. The summed E-state index contributed by atoms with van der Waals surface area (Å²) in [6.45, 7) is 6.60. The van der Waals surface area contributed by atoms with Crippen LogP contribution >= 0.6 is 11.6 Å². The van der Waals surface area contributed by atoms with Crippen molar-refractivity contribution in [3.05, 3.63) is 65.2 Å². The molecule has 5 heteroatoms. The van der Waals surface area contributed by atoms with Crippen LogP contribution in [0.15, 0.2) is 59.5 Å². The first-order valence-electron chi connectivity index (χ1n) is 8.68. The lowest BCUT2D eigenvalue weighted by molar-refractivity contribution is 0.318. The molecular formula is C20H26ClNO2S. The molecule has 0 unspecified atom stereocenters. The van der Waals surface area contributed by atoms with E-state index in [1.54, 1.807) is 28.6 Å². The summed E-state index contributed by atoms with van der Waals surface area (Å²) in [6.07, 6.45) is 1.55. The predicted octanol–water partition coefficient (Wildman–Crippen LogP) is 5.32. The largest absolute Gasteiger partial charge is 0.243 e. The Morgan fingerprint density at radius 1 is 1.00 bits per heavy atom. The van der Waals surface area contributed by atoms with Crippen LogP contribution in [0.1, 0.15) is 45.1 Å². The van der Waals surface area contributed by atoms with E-state index >= 15 is 0 Å². The molecule has 0 amide bonds. The molecule has 0 aromatic heterocycles. The highest BCUT2D eigenvalue weighted by atomic mass is 35.5. The molecule has 2 rings (SSSR count). The van der Waals surface area contributed by atoms with Gasteiger partial charge in [-0.2, -0.15) is 4.31 Å². The van der Waals surface area contributed by atoms with Crippen molar-refractivity contribution in [2.24, 2.45) is 0 Å². The van der Waals surface area contributed by atoms with Crippen molar-refractivity contribution in [3.8, 4) is 0 Å². The Kier molecular flexibility index (Phi) is 7.05. The predicted molar refractivity (Wildman–Crippen MR) is 105 cm³/mol. The zero-order chi connectivity index (χ0) is 18.4. The van der Waals surface area contributed by atoms with Gasteiger partial charge in [-0.1, -0.05) is 55.8 Å². The molecule has 2 aromatic carbocycles. The molecule has 0 fully saturated rings. The number of hydrogen-bond donors (Lipinski definition) is 0. The van der Waals surface area contributed by atoms with Crippen molar-refractivity contribution >= 4 is 21.6 Å². The van der Waals surface area contributed by atoms with Crippen molar-refractivity contribution in [2.45, 2.75) is 50.5 Å². The van der Waals surface area contributed by atoms with Crippen LogP contribution in [0.4, 0.5) is 0 Å². The van der Waals surface area contributed by atoms with Gasteiger partial charge in [-0.25, -0.2) is 8.42 Å². The Balaban J connectivity index is 2.19. The van der Waals surface area contributed by atoms with Gasteiger partial charge < -0.3 is 0 Å². The molecule has 0 saturated carbocycles.